The Morgan fingerprint density at radius 2 is 1.91 bits per heavy atom. The number of anilines is 1. The molecule has 2 aromatic carbocycles. The van der Waals surface area contributed by atoms with Crippen LogP contribution in [0.5, 0.6) is 5.75 Å². The second kappa shape index (κ2) is 7.64. The average molecular weight is 376 g/mol. The summed E-state index contributed by atoms with van der Waals surface area (Å²) in [5.41, 5.74) is 5.33. The lowest BCUT2D eigenvalue weighted by Gasteiger charge is -2.13. The summed E-state index contributed by atoms with van der Waals surface area (Å²) in [6.45, 7) is 8.15. The van der Waals surface area contributed by atoms with Gasteiger partial charge in [-0.05, 0) is 83.6 Å². The van der Waals surface area contributed by atoms with Crippen LogP contribution in [0, 0.1) is 20.8 Å². The van der Waals surface area contributed by atoms with E-state index >= 15 is 0 Å². The molecule has 122 valence electrons. The zero-order valence-electron chi connectivity index (χ0n) is 14.0. The number of benzene rings is 2. The minimum atomic E-state index is -0.173. The maximum absolute atomic E-state index is 12.1. The van der Waals surface area contributed by atoms with Gasteiger partial charge in [0, 0.05) is 4.47 Å². The molecule has 0 aromatic heterocycles. The summed E-state index contributed by atoms with van der Waals surface area (Å²) in [5.74, 6) is 0.589. The van der Waals surface area contributed by atoms with Crippen molar-refractivity contribution in [3.63, 3.8) is 0 Å². The second-order valence-electron chi connectivity index (χ2n) is 5.71. The van der Waals surface area contributed by atoms with Gasteiger partial charge in [-0.2, -0.15) is 0 Å². The van der Waals surface area contributed by atoms with Gasteiger partial charge in [-0.3, -0.25) is 4.79 Å². The van der Waals surface area contributed by atoms with E-state index < -0.39 is 0 Å². The first-order valence-corrected chi connectivity index (χ1v) is 8.49. The molecular formula is C19H22BrNO2. The molecule has 0 radical (unpaired) electrons. The topological polar surface area (TPSA) is 38.3 Å². The van der Waals surface area contributed by atoms with Crippen molar-refractivity contribution in [1.29, 1.82) is 0 Å². The van der Waals surface area contributed by atoms with Crippen molar-refractivity contribution < 1.29 is 9.53 Å². The van der Waals surface area contributed by atoms with Crippen molar-refractivity contribution in [3.8, 4) is 5.75 Å². The zero-order valence-corrected chi connectivity index (χ0v) is 15.6. The quantitative estimate of drug-likeness (QED) is 0.802. The monoisotopic (exact) mass is 375 g/mol. The third-order valence-corrected chi connectivity index (χ3v) is 4.49. The Bertz CT molecular complexity index is 726. The summed E-state index contributed by atoms with van der Waals surface area (Å²) >= 11 is 3.49. The van der Waals surface area contributed by atoms with Crippen molar-refractivity contribution in [2.75, 3.05) is 11.9 Å². The van der Waals surface area contributed by atoms with E-state index in [9.17, 15) is 4.79 Å². The molecule has 0 spiro atoms. The molecule has 2 rings (SSSR count). The highest BCUT2D eigenvalue weighted by Crippen LogP contribution is 2.25. The Kier molecular flexibility index (Phi) is 5.83. The van der Waals surface area contributed by atoms with Crippen molar-refractivity contribution in [2.45, 2.75) is 34.1 Å². The zero-order chi connectivity index (χ0) is 17.0. The number of nitrogens with one attached hydrogen (secondary N) is 1. The highest BCUT2D eigenvalue weighted by molar-refractivity contribution is 9.10. The van der Waals surface area contributed by atoms with Crippen LogP contribution in [0.1, 0.15) is 29.2 Å². The smallest absolute Gasteiger partial charge is 0.262 e. The number of halogens is 1. The van der Waals surface area contributed by atoms with E-state index in [0.717, 1.165) is 33.5 Å². The van der Waals surface area contributed by atoms with Crippen LogP contribution in [0.25, 0.3) is 0 Å². The molecule has 0 saturated carbocycles. The Balaban J connectivity index is 2.01. The van der Waals surface area contributed by atoms with Crippen molar-refractivity contribution in [2.24, 2.45) is 0 Å². The van der Waals surface area contributed by atoms with E-state index in [4.69, 9.17) is 4.74 Å². The van der Waals surface area contributed by atoms with Gasteiger partial charge >= 0.3 is 0 Å². The van der Waals surface area contributed by atoms with Crippen LogP contribution in [0.15, 0.2) is 34.8 Å². The lowest BCUT2D eigenvalue weighted by Crippen LogP contribution is -2.20. The Hall–Kier alpha value is -1.81. The molecule has 0 fully saturated rings. The molecule has 0 heterocycles. The molecule has 0 bridgehead atoms. The number of ether oxygens (including phenoxy) is 1. The SMILES string of the molecule is CCc1ccc(NC(=O)COc2cc(C)cc(C)c2C)c(Br)c1. The predicted molar refractivity (Wildman–Crippen MR) is 98.3 cm³/mol. The van der Waals surface area contributed by atoms with E-state index in [1.807, 2.05) is 45.0 Å². The van der Waals surface area contributed by atoms with Gasteiger partial charge in [0.05, 0.1) is 5.69 Å². The van der Waals surface area contributed by atoms with E-state index in [1.165, 1.54) is 11.1 Å². The van der Waals surface area contributed by atoms with Gasteiger partial charge in [0.1, 0.15) is 5.75 Å². The minimum Gasteiger partial charge on any atom is -0.483 e. The predicted octanol–water partition coefficient (Wildman–Crippen LogP) is 4.95. The molecule has 2 aromatic rings. The Morgan fingerprint density at radius 1 is 1.17 bits per heavy atom. The summed E-state index contributed by atoms with van der Waals surface area (Å²) in [7, 11) is 0. The number of amides is 1. The van der Waals surface area contributed by atoms with Crippen LogP contribution in [0.4, 0.5) is 5.69 Å². The van der Waals surface area contributed by atoms with Crippen LogP contribution < -0.4 is 10.1 Å². The van der Waals surface area contributed by atoms with Crippen LogP contribution in [0.2, 0.25) is 0 Å². The second-order valence-corrected chi connectivity index (χ2v) is 6.56. The summed E-state index contributed by atoms with van der Waals surface area (Å²) < 4.78 is 6.57. The minimum absolute atomic E-state index is 0.00823. The van der Waals surface area contributed by atoms with Gasteiger partial charge < -0.3 is 10.1 Å². The molecular weight excluding hydrogens is 354 g/mol. The molecule has 0 unspecified atom stereocenters. The lowest BCUT2D eigenvalue weighted by atomic mass is 10.1. The normalized spacial score (nSPS) is 10.5. The van der Waals surface area contributed by atoms with Crippen molar-refractivity contribution >= 4 is 27.5 Å². The fourth-order valence-electron chi connectivity index (χ4n) is 2.36. The first kappa shape index (κ1) is 17.5. The van der Waals surface area contributed by atoms with Gasteiger partial charge in [0.15, 0.2) is 6.61 Å². The highest BCUT2D eigenvalue weighted by atomic mass is 79.9. The number of aryl methyl sites for hydroxylation is 3. The fourth-order valence-corrected chi connectivity index (χ4v) is 2.89. The molecule has 23 heavy (non-hydrogen) atoms. The number of hydrogen-bond donors (Lipinski definition) is 1. The largest absolute Gasteiger partial charge is 0.483 e. The van der Waals surface area contributed by atoms with E-state index in [1.54, 1.807) is 0 Å². The number of hydrogen-bond acceptors (Lipinski definition) is 2. The van der Waals surface area contributed by atoms with Gasteiger partial charge in [-0.25, -0.2) is 0 Å². The number of rotatable bonds is 5. The van der Waals surface area contributed by atoms with Gasteiger partial charge in [-0.15, -0.1) is 0 Å². The van der Waals surface area contributed by atoms with Crippen molar-refractivity contribution in [3.05, 3.63) is 57.1 Å². The third kappa shape index (κ3) is 4.58. The van der Waals surface area contributed by atoms with Crippen molar-refractivity contribution in [1.82, 2.24) is 0 Å². The van der Waals surface area contributed by atoms with E-state index in [-0.39, 0.29) is 12.5 Å². The van der Waals surface area contributed by atoms with Gasteiger partial charge in [-0.1, -0.05) is 19.1 Å². The summed E-state index contributed by atoms with van der Waals surface area (Å²) in [6.07, 6.45) is 0.960. The van der Waals surface area contributed by atoms with Crippen LogP contribution >= 0.6 is 15.9 Å². The average Bonchev–Trinajstić information content (AvgIpc) is 2.51. The maximum Gasteiger partial charge on any atom is 0.262 e. The van der Waals surface area contributed by atoms with Crippen LogP contribution in [-0.2, 0) is 11.2 Å². The molecule has 0 aliphatic carbocycles. The highest BCUT2D eigenvalue weighted by Gasteiger charge is 2.09. The summed E-state index contributed by atoms with van der Waals surface area (Å²) in [4.78, 5) is 12.1. The molecule has 0 atom stereocenters. The first-order chi connectivity index (χ1) is 10.9. The molecule has 0 aliphatic heterocycles. The Labute approximate surface area is 146 Å². The number of carbonyl (C=O) groups is 1. The van der Waals surface area contributed by atoms with E-state index in [2.05, 4.69) is 34.2 Å². The Morgan fingerprint density at radius 3 is 2.57 bits per heavy atom. The first-order valence-electron chi connectivity index (χ1n) is 7.69. The van der Waals surface area contributed by atoms with Gasteiger partial charge in [0.25, 0.3) is 5.91 Å². The van der Waals surface area contributed by atoms with Crippen LogP contribution in [-0.4, -0.2) is 12.5 Å². The van der Waals surface area contributed by atoms with E-state index in [0.29, 0.717) is 0 Å². The summed E-state index contributed by atoms with van der Waals surface area (Å²) in [6, 6.07) is 10.00. The fraction of sp³-hybridized carbons (Fsp3) is 0.316. The number of carbonyl (C=O) groups excluding carboxylic acids is 1. The summed E-state index contributed by atoms with van der Waals surface area (Å²) in [5, 5.41) is 2.87. The molecule has 0 aliphatic rings. The third-order valence-electron chi connectivity index (χ3n) is 3.84. The molecule has 1 N–H and O–H groups in total. The lowest BCUT2D eigenvalue weighted by molar-refractivity contribution is -0.118. The maximum atomic E-state index is 12.1. The molecule has 1 amide bonds. The molecule has 4 heteroatoms. The molecule has 3 nitrogen and oxygen atoms in total. The molecule has 0 saturated heterocycles. The van der Waals surface area contributed by atoms with Crippen LogP contribution in [0.3, 0.4) is 0 Å². The standard InChI is InChI=1S/C19H22BrNO2/c1-5-15-6-7-17(16(20)10-15)21-19(22)11-23-18-9-12(2)8-13(3)14(18)4/h6-10H,5,11H2,1-4H3,(H,21,22). The van der Waals surface area contributed by atoms with Gasteiger partial charge in [0.2, 0.25) is 0 Å².